The Balaban J connectivity index is 2.87. The van der Waals surface area contributed by atoms with E-state index in [1.807, 2.05) is 42.2 Å². The number of carboxylic acid groups (broad SMARTS) is 1. The first-order valence-electron chi connectivity index (χ1n) is 5.71. The summed E-state index contributed by atoms with van der Waals surface area (Å²) >= 11 is 0. The fraction of sp³-hybridized carbons (Fsp3) is 0.462. The molecule has 4 nitrogen and oxygen atoms in total. The minimum absolute atomic E-state index is 0.532. The zero-order valence-electron chi connectivity index (χ0n) is 10.3. The van der Waals surface area contributed by atoms with Gasteiger partial charge in [-0.1, -0.05) is 37.3 Å². The van der Waals surface area contributed by atoms with Crippen LogP contribution < -0.4 is 0 Å². The molecule has 0 aliphatic rings. The van der Waals surface area contributed by atoms with Crippen LogP contribution in [0.5, 0.6) is 0 Å². The Morgan fingerprint density at radius 3 is 2.53 bits per heavy atom. The number of benzene rings is 1. The van der Waals surface area contributed by atoms with Gasteiger partial charge in [-0.25, -0.2) is 0 Å². The molecule has 0 bridgehead atoms. The summed E-state index contributed by atoms with van der Waals surface area (Å²) in [5, 5.41) is 9.35. The van der Waals surface area contributed by atoms with E-state index in [-0.39, 0.29) is 0 Å². The number of ether oxygens (including phenoxy) is 1. The lowest BCUT2D eigenvalue weighted by atomic mass is 10.1. The Morgan fingerprint density at radius 1 is 1.41 bits per heavy atom. The number of hydrogen-bond donors (Lipinski definition) is 1. The fourth-order valence-corrected chi connectivity index (χ4v) is 1.82. The van der Waals surface area contributed by atoms with E-state index in [9.17, 15) is 9.90 Å². The standard InChI is InChI=1S/C13H19NO3/c1-3-14(9-10-17-2)12(13(15)16)11-7-5-4-6-8-11/h4-8,12H,3,9-10H2,1-2H3,(H,15,16). The summed E-state index contributed by atoms with van der Waals surface area (Å²) in [6.45, 7) is 3.77. The Labute approximate surface area is 102 Å². The quantitative estimate of drug-likeness (QED) is 0.785. The summed E-state index contributed by atoms with van der Waals surface area (Å²) in [5.74, 6) is -0.825. The Hall–Kier alpha value is -1.39. The second kappa shape index (κ2) is 7.04. The predicted octanol–water partition coefficient (Wildman–Crippen LogP) is 1.78. The minimum atomic E-state index is -0.825. The van der Waals surface area contributed by atoms with Gasteiger partial charge in [-0.2, -0.15) is 0 Å². The average Bonchev–Trinajstić information content (AvgIpc) is 2.35. The van der Waals surface area contributed by atoms with Crippen molar-refractivity contribution in [2.24, 2.45) is 0 Å². The summed E-state index contributed by atoms with van der Waals surface area (Å²) in [6, 6.07) is 8.68. The highest BCUT2D eigenvalue weighted by Gasteiger charge is 2.25. The maximum absolute atomic E-state index is 11.4. The van der Waals surface area contributed by atoms with E-state index < -0.39 is 12.0 Å². The summed E-state index contributed by atoms with van der Waals surface area (Å²) < 4.78 is 5.01. The molecule has 1 aromatic carbocycles. The van der Waals surface area contributed by atoms with E-state index in [0.29, 0.717) is 19.7 Å². The Kier molecular flexibility index (Phi) is 5.66. The molecule has 1 unspecified atom stereocenters. The van der Waals surface area contributed by atoms with Gasteiger partial charge in [0.05, 0.1) is 6.61 Å². The zero-order valence-corrected chi connectivity index (χ0v) is 10.3. The highest BCUT2D eigenvalue weighted by molar-refractivity contribution is 5.75. The van der Waals surface area contributed by atoms with Crippen molar-refractivity contribution in [3.05, 3.63) is 35.9 Å². The molecule has 0 aromatic heterocycles. The highest BCUT2D eigenvalue weighted by Crippen LogP contribution is 2.20. The molecule has 0 aliphatic heterocycles. The maximum Gasteiger partial charge on any atom is 0.325 e. The molecule has 94 valence electrons. The van der Waals surface area contributed by atoms with Gasteiger partial charge in [0.15, 0.2) is 0 Å². The van der Waals surface area contributed by atoms with Gasteiger partial charge in [0.1, 0.15) is 6.04 Å². The van der Waals surface area contributed by atoms with Gasteiger partial charge in [-0.05, 0) is 12.1 Å². The third-order valence-electron chi connectivity index (χ3n) is 2.70. The van der Waals surface area contributed by atoms with Gasteiger partial charge < -0.3 is 9.84 Å². The molecule has 1 rings (SSSR count). The first-order chi connectivity index (χ1) is 8.20. The van der Waals surface area contributed by atoms with E-state index in [4.69, 9.17) is 4.74 Å². The number of nitrogens with zero attached hydrogens (tertiary/aromatic N) is 1. The van der Waals surface area contributed by atoms with Crippen molar-refractivity contribution in [2.75, 3.05) is 26.8 Å². The molecule has 0 fully saturated rings. The van der Waals surface area contributed by atoms with Gasteiger partial charge in [-0.15, -0.1) is 0 Å². The number of likely N-dealkylation sites (N-methyl/N-ethyl adjacent to an activating group) is 1. The third kappa shape index (κ3) is 3.84. The Bertz CT molecular complexity index is 340. The van der Waals surface area contributed by atoms with E-state index in [1.54, 1.807) is 7.11 Å². The zero-order chi connectivity index (χ0) is 12.7. The molecule has 1 aromatic rings. The van der Waals surface area contributed by atoms with E-state index >= 15 is 0 Å². The van der Waals surface area contributed by atoms with Crippen molar-refractivity contribution >= 4 is 5.97 Å². The second-order valence-electron chi connectivity index (χ2n) is 3.77. The number of carboxylic acids is 1. The second-order valence-corrected chi connectivity index (χ2v) is 3.77. The van der Waals surface area contributed by atoms with Gasteiger partial charge in [0, 0.05) is 13.7 Å². The Morgan fingerprint density at radius 2 is 2.06 bits per heavy atom. The molecule has 0 saturated carbocycles. The van der Waals surface area contributed by atoms with Crippen molar-refractivity contribution in [3.63, 3.8) is 0 Å². The lowest BCUT2D eigenvalue weighted by Crippen LogP contribution is -2.36. The molecule has 0 heterocycles. The van der Waals surface area contributed by atoms with E-state index in [0.717, 1.165) is 5.56 Å². The van der Waals surface area contributed by atoms with Crippen LogP contribution in [0.15, 0.2) is 30.3 Å². The largest absolute Gasteiger partial charge is 0.480 e. The molecular weight excluding hydrogens is 218 g/mol. The number of rotatable bonds is 7. The van der Waals surface area contributed by atoms with Crippen LogP contribution in [0.2, 0.25) is 0 Å². The predicted molar refractivity (Wildman–Crippen MR) is 65.9 cm³/mol. The minimum Gasteiger partial charge on any atom is -0.480 e. The van der Waals surface area contributed by atoms with Crippen LogP contribution in [0.1, 0.15) is 18.5 Å². The van der Waals surface area contributed by atoms with Gasteiger partial charge in [0.25, 0.3) is 0 Å². The lowest BCUT2D eigenvalue weighted by molar-refractivity contribution is -0.143. The molecule has 0 aliphatic carbocycles. The topological polar surface area (TPSA) is 49.8 Å². The van der Waals surface area contributed by atoms with Crippen molar-refractivity contribution in [1.29, 1.82) is 0 Å². The smallest absolute Gasteiger partial charge is 0.325 e. The van der Waals surface area contributed by atoms with Crippen molar-refractivity contribution in [3.8, 4) is 0 Å². The summed E-state index contributed by atoms with van der Waals surface area (Å²) in [4.78, 5) is 13.3. The molecule has 0 spiro atoms. The number of aliphatic carboxylic acids is 1. The number of carbonyl (C=O) groups is 1. The van der Waals surface area contributed by atoms with E-state index in [2.05, 4.69) is 0 Å². The van der Waals surface area contributed by atoms with Gasteiger partial charge in [0.2, 0.25) is 0 Å². The van der Waals surface area contributed by atoms with Crippen LogP contribution in [0, 0.1) is 0 Å². The fourth-order valence-electron chi connectivity index (χ4n) is 1.82. The van der Waals surface area contributed by atoms with Crippen LogP contribution >= 0.6 is 0 Å². The molecule has 1 atom stereocenters. The van der Waals surface area contributed by atoms with Crippen molar-refractivity contribution in [2.45, 2.75) is 13.0 Å². The lowest BCUT2D eigenvalue weighted by Gasteiger charge is -2.27. The monoisotopic (exact) mass is 237 g/mol. The van der Waals surface area contributed by atoms with Crippen LogP contribution in [-0.2, 0) is 9.53 Å². The van der Waals surface area contributed by atoms with E-state index in [1.165, 1.54) is 0 Å². The first-order valence-corrected chi connectivity index (χ1v) is 5.71. The van der Waals surface area contributed by atoms with Gasteiger partial charge in [-0.3, -0.25) is 9.69 Å². The molecule has 4 heteroatoms. The summed E-state index contributed by atoms with van der Waals surface area (Å²) in [7, 11) is 1.62. The maximum atomic E-state index is 11.4. The number of hydrogen-bond acceptors (Lipinski definition) is 3. The number of methoxy groups -OCH3 is 1. The molecule has 0 radical (unpaired) electrons. The molecule has 0 amide bonds. The average molecular weight is 237 g/mol. The summed E-state index contributed by atoms with van der Waals surface area (Å²) in [5.41, 5.74) is 0.804. The van der Waals surface area contributed by atoms with Crippen molar-refractivity contribution < 1.29 is 14.6 Å². The SMILES string of the molecule is CCN(CCOC)C(C(=O)O)c1ccccc1. The summed E-state index contributed by atoms with van der Waals surface area (Å²) in [6.07, 6.45) is 0. The van der Waals surface area contributed by atoms with Gasteiger partial charge >= 0.3 is 5.97 Å². The first kappa shape index (κ1) is 13.7. The third-order valence-corrected chi connectivity index (χ3v) is 2.70. The normalized spacial score (nSPS) is 12.6. The molecular formula is C13H19NO3. The van der Waals surface area contributed by atoms with Crippen LogP contribution in [0.4, 0.5) is 0 Å². The molecule has 1 N–H and O–H groups in total. The van der Waals surface area contributed by atoms with Crippen molar-refractivity contribution in [1.82, 2.24) is 4.90 Å². The highest BCUT2D eigenvalue weighted by atomic mass is 16.5. The van der Waals surface area contributed by atoms with Crippen LogP contribution in [0.3, 0.4) is 0 Å². The van der Waals surface area contributed by atoms with Crippen LogP contribution in [-0.4, -0.2) is 42.8 Å². The molecule has 17 heavy (non-hydrogen) atoms. The molecule has 0 saturated heterocycles. The van der Waals surface area contributed by atoms with Crippen LogP contribution in [0.25, 0.3) is 0 Å².